The van der Waals surface area contributed by atoms with Crippen molar-refractivity contribution in [2.45, 2.75) is 51.7 Å². The molecule has 0 unspecified atom stereocenters. The maximum atomic E-state index is 12.8. The van der Waals surface area contributed by atoms with Gasteiger partial charge in [0.2, 0.25) is 0 Å². The molecule has 0 aliphatic heterocycles. The van der Waals surface area contributed by atoms with Crippen LogP contribution >= 0.6 is 0 Å². The van der Waals surface area contributed by atoms with Crippen LogP contribution in [-0.4, -0.2) is 32.4 Å². The maximum absolute atomic E-state index is 12.8. The van der Waals surface area contributed by atoms with Gasteiger partial charge in [-0.3, -0.25) is 9.78 Å². The summed E-state index contributed by atoms with van der Waals surface area (Å²) < 4.78 is 7.94. The topological polar surface area (TPSA) is 68.5 Å². The van der Waals surface area contributed by atoms with E-state index in [2.05, 4.69) is 15.3 Å². The van der Waals surface area contributed by atoms with Crippen molar-refractivity contribution < 1.29 is 9.53 Å². The summed E-state index contributed by atoms with van der Waals surface area (Å²) >= 11 is 0. The summed E-state index contributed by atoms with van der Waals surface area (Å²) in [6.45, 7) is 3.97. The van der Waals surface area contributed by atoms with Crippen LogP contribution in [0.25, 0.3) is 5.65 Å². The van der Waals surface area contributed by atoms with E-state index in [4.69, 9.17) is 4.74 Å². The molecule has 3 heterocycles. The third kappa shape index (κ3) is 3.79. The van der Waals surface area contributed by atoms with Crippen LogP contribution in [0.3, 0.4) is 0 Å². The standard InChI is InChI=1S/C21H24N4O2/c1-14-12-15(2)25-11-9-19(20(25)23-14)21(26)24-16-5-7-17(8-6-16)27-18-4-3-10-22-13-18/h3-4,9-13,16-17H,5-8H2,1-2H3,(H,24,26). The minimum atomic E-state index is -0.0494. The van der Waals surface area contributed by atoms with Gasteiger partial charge in [-0.15, -0.1) is 0 Å². The van der Waals surface area contributed by atoms with Gasteiger partial charge in [0.15, 0.2) is 0 Å². The monoisotopic (exact) mass is 364 g/mol. The number of carbonyl (C=O) groups excluding carboxylic acids is 1. The first-order valence-electron chi connectivity index (χ1n) is 9.43. The Hall–Kier alpha value is -2.89. The van der Waals surface area contributed by atoms with Gasteiger partial charge in [-0.25, -0.2) is 4.98 Å². The van der Waals surface area contributed by atoms with Crippen LogP contribution < -0.4 is 10.1 Å². The van der Waals surface area contributed by atoms with Crippen molar-refractivity contribution >= 4 is 11.6 Å². The highest BCUT2D eigenvalue weighted by atomic mass is 16.5. The molecule has 0 spiro atoms. The number of aromatic nitrogens is 3. The molecule has 1 N–H and O–H groups in total. The van der Waals surface area contributed by atoms with Crippen LogP contribution in [0.5, 0.6) is 5.75 Å². The zero-order valence-electron chi connectivity index (χ0n) is 15.7. The fourth-order valence-electron chi connectivity index (χ4n) is 3.77. The van der Waals surface area contributed by atoms with Gasteiger partial charge in [0.1, 0.15) is 11.4 Å². The van der Waals surface area contributed by atoms with Gasteiger partial charge >= 0.3 is 0 Å². The molecule has 3 aromatic heterocycles. The second kappa shape index (κ2) is 7.39. The summed E-state index contributed by atoms with van der Waals surface area (Å²) in [7, 11) is 0. The molecule has 0 bridgehead atoms. The molecule has 4 rings (SSSR count). The molecular weight excluding hydrogens is 340 g/mol. The number of aryl methyl sites for hydroxylation is 2. The Balaban J connectivity index is 1.37. The number of nitrogens with zero attached hydrogens (tertiary/aromatic N) is 3. The van der Waals surface area contributed by atoms with Crippen molar-refractivity contribution in [1.29, 1.82) is 0 Å². The highest BCUT2D eigenvalue weighted by molar-refractivity contribution is 6.00. The van der Waals surface area contributed by atoms with E-state index in [0.717, 1.165) is 48.5 Å². The number of hydrogen-bond acceptors (Lipinski definition) is 4. The molecule has 0 radical (unpaired) electrons. The van der Waals surface area contributed by atoms with E-state index in [1.54, 1.807) is 12.4 Å². The van der Waals surface area contributed by atoms with Crippen molar-refractivity contribution in [2.75, 3.05) is 0 Å². The van der Waals surface area contributed by atoms with E-state index < -0.39 is 0 Å². The molecule has 3 aromatic rings. The van der Waals surface area contributed by atoms with Crippen LogP contribution in [0, 0.1) is 13.8 Å². The first kappa shape index (κ1) is 17.5. The summed E-state index contributed by atoms with van der Waals surface area (Å²) in [5.74, 6) is 0.758. The second-order valence-electron chi connectivity index (χ2n) is 7.22. The maximum Gasteiger partial charge on any atom is 0.255 e. The Labute approximate surface area is 158 Å². The largest absolute Gasteiger partial charge is 0.489 e. The summed E-state index contributed by atoms with van der Waals surface area (Å²) in [6.07, 6.45) is 9.24. The minimum Gasteiger partial charge on any atom is -0.489 e. The van der Waals surface area contributed by atoms with E-state index in [1.807, 2.05) is 48.7 Å². The molecule has 1 saturated carbocycles. The number of nitrogens with one attached hydrogen (secondary N) is 1. The summed E-state index contributed by atoms with van der Waals surface area (Å²) in [5, 5.41) is 3.18. The number of hydrogen-bond donors (Lipinski definition) is 1. The molecule has 0 saturated heterocycles. The molecule has 0 atom stereocenters. The molecule has 1 aliphatic rings. The average molecular weight is 364 g/mol. The third-order valence-corrected chi connectivity index (χ3v) is 5.13. The predicted molar refractivity (Wildman–Crippen MR) is 103 cm³/mol. The number of fused-ring (bicyclic) bond motifs is 1. The number of rotatable bonds is 4. The summed E-state index contributed by atoms with van der Waals surface area (Å²) in [4.78, 5) is 21.4. The predicted octanol–water partition coefficient (Wildman–Crippen LogP) is 3.47. The van der Waals surface area contributed by atoms with E-state index >= 15 is 0 Å². The van der Waals surface area contributed by atoms with E-state index in [-0.39, 0.29) is 18.1 Å². The first-order valence-corrected chi connectivity index (χ1v) is 9.43. The van der Waals surface area contributed by atoms with Crippen molar-refractivity contribution in [2.24, 2.45) is 0 Å². The van der Waals surface area contributed by atoms with Crippen molar-refractivity contribution in [3.63, 3.8) is 0 Å². The summed E-state index contributed by atoms with van der Waals surface area (Å²) in [6, 6.07) is 7.84. The van der Waals surface area contributed by atoms with Crippen molar-refractivity contribution in [3.8, 4) is 5.75 Å². The summed E-state index contributed by atoms with van der Waals surface area (Å²) in [5.41, 5.74) is 3.35. The van der Waals surface area contributed by atoms with E-state index in [0.29, 0.717) is 5.56 Å². The zero-order valence-corrected chi connectivity index (χ0v) is 15.7. The Kier molecular flexibility index (Phi) is 4.79. The second-order valence-corrected chi connectivity index (χ2v) is 7.22. The highest BCUT2D eigenvalue weighted by Crippen LogP contribution is 2.24. The Bertz CT molecular complexity index is 943. The molecule has 6 heteroatoms. The Morgan fingerprint density at radius 3 is 2.78 bits per heavy atom. The lowest BCUT2D eigenvalue weighted by Gasteiger charge is -2.29. The molecule has 0 aromatic carbocycles. The first-order chi connectivity index (χ1) is 13.1. The molecule has 140 valence electrons. The smallest absolute Gasteiger partial charge is 0.255 e. The van der Waals surface area contributed by atoms with Gasteiger partial charge < -0.3 is 14.5 Å². The van der Waals surface area contributed by atoms with Gasteiger partial charge in [-0.05, 0) is 63.8 Å². The minimum absolute atomic E-state index is 0.0494. The molecule has 1 amide bonds. The Morgan fingerprint density at radius 1 is 1.22 bits per heavy atom. The van der Waals surface area contributed by atoms with Crippen LogP contribution in [0.15, 0.2) is 42.9 Å². The number of pyridine rings is 1. The number of carbonyl (C=O) groups is 1. The van der Waals surface area contributed by atoms with Crippen molar-refractivity contribution in [1.82, 2.24) is 19.7 Å². The van der Waals surface area contributed by atoms with Gasteiger partial charge in [-0.1, -0.05) is 0 Å². The molecule has 27 heavy (non-hydrogen) atoms. The van der Waals surface area contributed by atoms with Crippen LogP contribution in [0.4, 0.5) is 0 Å². The lowest BCUT2D eigenvalue weighted by atomic mass is 9.92. The average Bonchev–Trinajstić information content (AvgIpc) is 3.08. The van der Waals surface area contributed by atoms with Crippen molar-refractivity contribution in [3.05, 3.63) is 59.8 Å². The lowest BCUT2D eigenvalue weighted by Crippen LogP contribution is -2.39. The lowest BCUT2D eigenvalue weighted by molar-refractivity contribution is 0.0895. The molecular formula is C21H24N4O2. The fraction of sp³-hybridized carbons (Fsp3) is 0.381. The van der Waals surface area contributed by atoms with Gasteiger partial charge in [-0.2, -0.15) is 0 Å². The highest BCUT2D eigenvalue weighted by Gasteiger charge is 2.25. The molecule has 1 aliphatic carbocycles. The quantitative estimate of drug-likeness (QED) is 0.770. The van der Waals surface area contributed by atoms with E-state index in [9.17, 15) is 4.79 Å². The van der Waals surface area contributed by atoms with Crippen LogP contribution in [-0.2, 0) is 0 Å². The number of ether oxygens (including phenoxy) is 1. The fourth-order valence-corrected chi connectivity index (χ4v) is 3.77. The zero-order chi connectivity index (χ0) is 18.8. The van der Waals surface area contributed by atoms with Gasteiger partial charge in [0.05, 0.1) is 17.9 Å². The van der Waals surface area contributed by atoms with E-state index in [1.165, 1.54) is 0 Å². The molecule has 1 fully saturated rings. The van der Waals surface area contributed by atoms with Gasteiger partial charge in [0, 0.05) is 29.8 Å². The normalized spacial score (nSPS) is 19.8. The van der Waals surface area contributed by atoms with Gasteiger partial charge in [0.25, 0.3) is 5.91 Å². The third-order valence-electron chi connectivity index (χ3n) is 5.13. The Morgan fingerprint density at radius 2 is 2.04 bits per heavy atom. The van der Waals surface area contributed by atoms with Crippen LogP contribution in [0.2, 0.25) is 0 Å². The SMILES string of the molecule is Cc1cc(C)n2ccc(C(=O)NC3CCC(Oc4cccnc4)CC3)c2n1. The number of amides is 1. The van der Waals surface area contributed by atoms with Crippen LogP contribution in [0.1, 0.15) is 47.4 Å². The molecule has 6 nitrogen and oxygen atoms in total.